The molecule has 5 rings (SSSR count). The maximum atomic E-state index is 5.80. The molecule has 1 N–H and O–H groups in total. The molecule has 4 heteroatoms. The van der Waals surface area contributed by atoms with Gasteiger partial charge in [-0.25, -0.2) is 0 Å². The van der Waals surface area contributed by atoms with Gasteiger partial charge in [-0.3, -0.25) is 4.90 Å². The summed E-state index contributed by atoms with van der Waals surface area (Å²) in [4.78, 5) is 5.38. The second kappa shape index (κ2) is 5.73. The summed E-state index contributed by atoms with van der Waals surface area (Å²) in [6.07, 6.45) is 13.6. The molecule has 0 aromatic heterocycles. The molecule has 1 saturated carbocycles. The van der Waals surface area contributed by atoms with E-state index in [0.29, 0.717) is 12.1 Å². The number of nitrogens with one attached hydrogen (secondary N) is 1. The molecule has 0 aromatic carbocycles. The Morgan fingerprint density at radius 3 is 2.91 bits per heavy atom. The molecule has 5 aliphatic rings. The van der Waals surface area contributed by atoms with Crippen molar-refractivity contribution in [3.05, 3.63) is 11.6 Å². The van der Waals surface area contributed by atoms with E-state index in [1.807, 2.05) is 0 Å². The van der Waals surface area contributed by atoms with Crippen LogP contribution in [0.2, 0.25) is 0 Å². The summed E-state index contributed by atoms with van der Waals surface area (Å²) in [6, 6.07) is 2.12. The fourth-order valence-electron chi connectivity index (χ4n) is 5.69. The van der Waals surface area contributed by atoms with E-state index in [4.69, 9.17) is 12.2 Å². The zero-order valence-electron chi connectivity index (χ0n) is 14.0. The van der Waals surface area contributed by atoms with Crippen molar-refractivity contribution in [3.8, 4) is 0 Å². The van der Waals surface area contributed by atoms with Crippen molar-refractivity contribution in [1.82, 2.24) is 15.1 Å². The Labute approximate surface area is 145 Å². The summed E-state index contributed by atoms with van der Waals surface area (Å²) >= 11 is 5.80. The molecular weight excluding hydrogens is 302 g/mol. The summed E-state index contributed by atoms with van der Waals surface area (Å²) in [5.74, 6) is 1.62. The van der Waals surface area contributed by atoms with Crippen LogP contribution in [-0.4, -0.2) is 52.7 Å². The quantitative estimate of drug-likeness (QED) is 0.588. The van der Waals surface area contributed by atoms with Gasteiger partial charge in [0.1, 0.15) is 0 Å². The number of likely N-dealkylation sites (tertiary alicyclic amines) is 1. The lowest BCUT2D eigenvalue weighted by atomic mass is 9.68. The molecule has 2 bridgehead atoms. The number of hydrogen-bond donors (Lipinski definition) is 1. The van der Waals surface area contributed by atoms with Gasteiger partial charge in [-0.15, -0.1) is 0 Å². The van der Waals surface area contributed by atoms with Crippen molar-refractivity contribution >= 4 is 17.3 Å². The first-order valence-corrected chi connectivity index (χ1v) is 10.2. The minimum Gasteiger partial charge on any atom is -0.360 e. The van der Waals surface area contributed by atoms with Gasteiger partial charge >= 0.3 is 0 Å². The van der Waals surface area contributed by atoms with Crippen molar-refractivity contribution in [2.45, 2.75) is 69.5 Å². The molecule has 3 nitrogen and oxygen atoms in total. The SMILES string of the molecule is S=C(NC1CC1)N1CCCC2=C[C@H]3C[C@@H](CN4CCCC[C@H]34)[C@H]21. The zero-order valence-corrected chi connectivity index (χ0v) is 14.9. The second-order valence-electron chi connectivity index (χ2n) is 8.42. The minimum atomic E-state index is 0.599. The van der Waals surface area contributed by atoms with Crippen LogP contribution in [0, 0.1) is 11.8 Å². The molecule has 0 amide bonds. The van der Waals surface area contributed by atoms with Gasteiger partial charge < -0.3 is 10.2 Å². The standard InChI is InChI=1S/C19H29N3S/c23-19(20-16-6-7-16)22-9-3-4-13-10-14-11-15(18(13)22)12-21-8-2-1-5-17(14)21/h10,14-18H,1-9,11-12H2,(H,20,23)/t14-,15-,17+,18-/m0/s1. The largest absolute Gasteiger partial charge is 0.360 e. The fraction of sp³-hybridized carbons (Fsp3) is 0.842. The van der Waals surface area contributed by atoms with E-state index in [1.165, 1.54) is 64.5 Å². The van der Waals surface area contributed by atoms with E-state index >= 15 is 0 Å². The topological polar surface area (TPSA) is 18.5 Å². The smallest absolute Gasteiger partial charge is 0.169 e. The molecule has 0 spiro atoms. The molecule has 3 aliphatic heterocycles. The summed E-state index contributed by atoms with van der Waals surface area (Å²) in [5.41, 5.74) is 1.72. The summed E-state index contributed by atoms with van der Waals surface area (Å²) in [5, 5.41) is 4.65. The van der Waals surface area contributed by atoms with Gasteiger partial charge in [0.05, 0.1) is 6.04 Å². The van der Waals surface area contributed by atoms with E-state index in [-0.39, 0.29) is 0 Å². The minimum absolute atomic E-state index is 0.599. The lowest BCUT2D eigenvalue weighted by Gasteiger charge is -2.55. The summed E-state index contributed by atoms with van der Waals surface area (Å²) in [6.45, 7) is 3.80. The van der Waals surface area contributed by atoms with E-state index in [1.54, 1.807) is 5.57 Å². The van der Waals surface area contributed by atoms with Gasteiger partial charge in [0, 0.05) is 25.2 Å². The van der Waals surface area contributed by atoms with Crippen LogP contribution in [0.5, 0.6) is 0 Å². The fourth-order valence-corrected chi connectivity index (χ4v) is 6.06. The lowest BCUT2D eigenvalue weighted by Crippen LogP contribution is -2.61. The molecule has 0 aromatic rings. The lowest BCUT2D eigenvalue weighted by molar-refractivity contribution is 0.0127. The average molecular weight is 332 g/mol. The van der Waals surface area contributed by atoms with Crippen molar-refractivity contribution in [2.75, 3.05) is 19.6 Å². The number of fused-ring (bicyclic) bond motifs is 6. The zero-order chi connectivity index (χ0) is 15.4. The number of thiocarbonyl (C=S) groups is 1. The molecule has 126 valence electrons. The Morgan fingerprint density at radius 2 is 2.04 bits per heavy atom. The van der Waals surface area contributed by atoms with E-state index in [0.717, 1.165) is 29.5 Å². The van der Waals surface area contributed by atoms with Crippen LogP contribution < -0.4 is 5.32 Å². The number of rotatable bonds is 1. The Hall–Kier alpha value is -0.610. The van der Waals surface area contributed by atoms with Crippen LogP contribution in [0.4, 0.5) is 0 Å². The molecule has 23 heavy (non-hydrogen) atoms. The predicted octanol–water partition coefficient (Wildman–Crippen LogP) is 2.92. The van der Waals surface area contributed by atoms with Crippen molar-refractivity contribution in [3.63, 3.8) is 0 Å². The van der Waals surface area contributed by atoms with Gasteiger partial charge in [-0.2, -0.15) is 0 Å². The van der Waals surface area contributed by atoms with Gasteiger partial charge in [0.15, 0.2) is 5.11 Å². The van der Waals surface area contributed by atoms with Crippen molar-refractivity contribution in [1.29, 1.82) is 0 Å². The third kappa shape index (κ3) is 2.62. The number of hydrogen-bond acceptors (Lipinski definition) is 2. The molecule has 3 heterocycles. The first kappa shape index (κ1) is 14.7. The predicted molar refractivity (Wildman–Crippen MR) is 97.4 cm³/mol. The molecule has 4 atom stereocenters. The maximum absolute atomic E-state index is 5.80. The van der Waals surface area contributed by atoms with E-state index in [9.17, 15) is 0 Å². The number of nitrogens with zero attached hydrogens (tertiary/aromatic N) is 2. The molecule has 4 fully saturated rings. The highest BCUT2D eigenvalue weighted by Gasteiger charge is 2.46. The van der Waals surface area contributed by atoms with E-state index in [2.05, 4.69) is 21.2 Å². The average Bonchev–Trinajstić information content (AvgIpc) is 3.38. The Bertz CT molecular complexity index is 527. The van der Waals surface area contributed by atoms with Crippen LogP contribution in [0.3, 0.4) is 0 Å². The van der Waals surface area contributed by atoms with Gasteiger partial charge in [-0.05, 0) is 75.5 Å². The Kier molecular flexibility index (Phi) is 3.67. The normalized spacial score (nSPS) is 40.0. The van der Waals surface area contributed by atoms with Crippen LogP contribution >= 0.6 is 12.2 Å². The van der Waals surface area contributed by atoms with Crippen LogP contribution in [-0.2, 0) is 0 Å². The molecule has 3 saturated heterocycles. The Balaban J connectivity index is 1.41. The Morgan fingerprint density at radius 1 is 1.13 bits per heavy atom. The first-order chi connectivity index (χ1) is 11.3. The van der Waals surface area contributed by atoms with Gasteiger partial charge in [0.25, 0.3) is 0 Å². The molecule has 0 radical (unpaired) electrons. The summed E-state index contributed by atoms with van der Waals surface area (Å²) in [7, 11) is 0. The monoisotopic (exact) mass is 331 g/mol. The van der Waals surface area contributed by atoms with Crippen molar-refractivity contribution in [2.24, 2.45) is 11.8 Å². The van der Waals surface area contributed by atoms with Gasteiger partial charge in [-0.1, -0.05) is 18.1 Å². The third-order valence-corrected chi connectivity index (χ3v) is 7.18. The van der Waals surface area contributed by atoms with Gasteiger partial charge in [0.2, 0.25) is 0 Å². The highest BCUT2D eigenvalue weighted by molar-refractivity contribution is 7.80. The van der Waals surface area contributed by atoms with Crippen LogP contribution in [0.25, 0.3) is 0 Å². The van der Waals surface area contributed by atoms with Crippen molar-refractivity contribution < 1.29 is 0 Å². The molecule has 2 aliphatic carbocycles. The van der Waals surface area contributed by atoms with Crippen LogP contribution in [0.1, 0.15) is 51.4 Å². The third-order valence-electron chi connectivity index (χ3n) is 6.82. The highest BCUT2D eigenvalue weighted by atomic mass is 32.1. The first-order valence-electron chi connectivity index (χ1n) is 9.81. The number of piperidine rings is 3. The highest BCUT2D eigenvalue weighted by Crippen LogP contribution is 2.45. The maximum Gasteiger partial charge on any atom is 0.169 e. The van der Waals surface area contributed by atoms with Crippen LogP contribution in [0.15, 0.2) is 11.6 Å². The van der Waals surface area contributed by atoms with E-state index < -0.39 is 0 Å². The molecule has 0 unspecified atom stereocenters. The summed E-state index contributed by atoms with van der Waals surface area (Å²) < 4.78 is 0. The second-order valence-corrected chi connectivity index (χ2v) is 8.81. The molecular formula is C19H29N3S.